The molecule has 2 N–H and O–H groups in total. The summed E-state index contributed by atoms with van der Waals surface area (Å²) in [5, 5.41) is 0. The van der Waals surface area contributed by atoms with Gasteiger partial charge in [-0.05, 0) is 37.1 Å². The molecule has 1 fully saturated rings. The van der Waals surface area contributed by atoms with Crippen molar-refractivity contribution >= 4 is 17.7 Å². The van der Waals surface area contributed by atoms with Gasteiger partial charge in [-0.15, -0.1) is 11.8 Å². The largest absolute Gasteiger partial charge is 0.340 e. The van der Waals surface area contributed by atoms with Crippen LogP contribution in [0.5, 0.6) is 0 Å². The summed E-state index contributed by atoms with van der Waals surface area (Å²) in [5.74, 6) is 7.25. The van der Waals surface area contributed by atoms with E-state index in [1.165, 1.54) is 0 Å². The molecule has 1 unspecified atom stereocenters. The smallest absolute Gasteiger partial charge is 0.238 e. The highest BCUT2D eigenvalue weighted by Gasteiger charge is 2.39. The summed E-state index contributed by atoms with van der Waals surface area (Å²) in [7, 11) is 1.87. The summed E-state index contributed by atoms with van der Waals surface area (Å²) >= 11 is 1.77. The van der Waals surface area contributed by atoms with Crippen LogP contribution in [0.1, 0.15) is 30.9 Å². The van der Waals surface area contributed by atoms with Gasteiger partial charge in [-0.25, -0.2) is 0 Å². The first-order chi connectivity index (χ1) is 10.1. The fraction of sp³-hybridized carbons (Fsp3) is 0.471. The van der Waals surface area contributed by atoms with Crippen molar-refractivity contribution in [3.63, 3.8) is 0 Å². The van der Waals surface area contributed by atoms with Gasteiger partial charge in [0.2, 0.25) is 5.91 Å². The second-order valence-corrected chi connectivity index (χ2v) is 7.11. The van der Waals surface area contributed by atoms with Crippen LogP contribution in [0.15, 0.2) is 24.3 Å². The van der Waals surface area contributed by atoms with E-state index in [1.54, 1.807) is 11.8 Å². The first-order valence-corrected chi connectivity index (χ1v) is 8.22. The molecule has 112 valence electrons. The molecule has 1 aliphatic rings. The van der Waals surface area contributed by atoms with Crippen LogP contribution < -0.4 is 5.73 Å². The molecule has 1 aromatic rings. The maximum atomic E-state index is 12.6. The van der Waals surface area contributed by atoms with Crippen LogP contribution in [0.2, 0.25) is 0 Å². The Morgan fingerprint density at radius 1 is 1.48 bits per heavy atom. The molecule has 3 nitrogen and oxygen atoms in total. The minimum absolute atomic E-state index is 0.214. The molecule has 1 amide bonds. The fourth-order valence-electron chi connectivity index (χ4n) is 2.61. The van der Waals surface area contributed by atoms with Crippen molar-refractivity contribution in [2.75, 3.05) is 19.3 Å². The Morgan fingerprint density at radius 3 is 2.90 bits per heavy atom. The molecule has 0 aliphatic carbocycles. The SMILES string of the molecule is CN(Cc1ccccc1C#CCN)C(=O)C1(C)CCCS1. The number of rotatable bonds is 3. The Kier molecular flexibility index (Phi) is 5.33. The first kappa shape index (κ1) is 15.9. The molecule has 0 spiro atoms. The number of thioether (sulfide) groups is 1. The molecule has 0 bridgehead atoms. The normalized spacial score (nSPS) is 20.7. The van der Waals surface area contributed by atoms with Crippen LogP contribution in [-0.4, -0.2) is 34.9 Å². The number of nitrogens with two attached hydrogens (primary N) is 1. The van der Waals surface area contributed by atoms with Gasteiger partial charge in [0.15, 0.2) is 0 Å². The van der Waals surface area contributed by atoms with Crippen LogP contribution in [0, 0.1) is 11.8 Å². The lowest BCUT2D eigenvalue weighted by molar-refractivity contribution is -0.132. The van der Waals surface area contributed by atoms with Crippen LogP contribution in [0.3, 0.4) is 0 Å². The quantitative estimate of drug-likeness (QED) is 0.871. The van der Waals surface area contributed by atoms with E-state index in [2.05, 4.69) is 18.8 Å². The number of hydrogen-bond acceptors (Lipinski definition) is 3. The van der Waals surface area contributed by atoms with Crippen molar-refractivity contribution in [2.24, 2.45) is 5.73 Å². The Labute approximate surface area is 131 Å². The number of hydrogen-bond donors (Lipinski definition) is 1. The van der Waals surface area contributed by atoms with E-state index >= 15 is 0 Å². The van der Waals surface area contributed by atoms with Gasteiger partial charge in [0.1, 0.15) is 0 Å². The van der Waals surface area contributed by atoms with E-state index in [0.717, 1.165) is 29.7 Å². The van der Waals surface area contributed by atoms with E-state index in [-0.39, 0.29) is 10.7 Å². The lowest BCUT2D eigenvalue weighted by Gasteiger charge is -2.28. The van der Waals surface area contributed by atoms with Crippen molar-refractivity contribution in [3.05, 3.63) is 35.4 Å². The topological polar surface area (TPSA) is 46.3 Å². The Balaban J connectivity index is 2.12. The number of carbonyl (C=O) groups is 1. The Bertz CT molecular complexity index is 568. The number of amides is 1. The summed E-state index contributed by atoms with van der Waals surface area (Å²) in [6.07, 6.45) is 2.09. The third-order valence-electron chi connectivity index (χ3n) is 3.77. The van der Waals surface area contributed by atoms with Crippen molar-refractivity contribution in [1.82, 2.24) is 4.90 Å². The third-order valence-corrected chi connectivity index (χ3v) is 5.28. The van der Waals surface area contributed by atoms with Crippen LogP contribution >= 0.6 is 11.8 Å². The molecule has 1 atom stereocenters. The molecule has 0 radical (unpaired) electrons. The maximum absolute atomic E-state index is 12.6. The van der Waals surface area contributed by atoms with Crippen molar-refractivity contribution in [1.29, 1.82) is 0 Å². The minimum Gasteiger partial charge on any atom is -0.340 e. The second-order valence-electron chi connectivity index (χ2n) is 5.51. The van der Waals surface area contributed by atoms with E-state index in [1.807, 2.05) is 36.2 Å². The number of benzene rings is 1. The standard InChI is InChI=1S/C17H22N2OS/c1-17(10-6-12-21-17)16(20)19(2)13-15-8-4-3-7-14(15)9-5-11-18/h3-4,7-8H,6,10-13,18H2,1-2H3. The molecule has 1 saturated heterocycles. The average molecular weight is 302 g/mol. The van der Waals surface area contributed by atoms with E-state index in [0.29, 0.717) is 13.1 Å². The lowest BCUT2D eigenvalue weighted by Crippen LogP contribution is -2.41. The highest BCUT2D eigenvalue weighted by atomic mass is 32.2. The van der Waals surface area contributed by atoms with Crippen LogP contribution in [-0.2, 0) is 11.3 Å². The van der Waals surface area contributed by atoms with Gasteiger partial charge >= 0.3 is 0 Å². The molecule has 1 aromatic carbocycles. The summed E-state index contributed by atoms with van der Waals surface area (Å²) in [4.78, 5) is 14.5. The number of nitrogens with zero attached hydrogens (tertiary/aromatic N) is 1. The zero-order chi connectivity index (χ0) is 15.3. The molecular formula is C17H22N2OS. The molecule has 4 heteroatoms. The van der Waals surface area contributed by atoms with Gasteiger partial charge in [0.05, 0.1) is 11.3 Å². The molecule has 21 heavy (non-hydrogen) atoms. The Morgan fingerprint density at radius 2 is 2.24 bits per heavy atom. The molecule has 0 aromatic heterocycles. The van der Waals surface area contributed by atoms with E-state index in [4.69, 9.17) is 5.73 Å². The van der Waals surface area contributed by atoms with Crippen molar-refractivity contribution in [3.8, 4) is 11.8 Å². The summed E-state index contributed by atoms with van der Waals surface area (Å²) < 4.78 is -0.257. The predicted molar refractivity (Wildman–Crippen MR) is 88.9 cm³/mol. The highest BCUT2D eigenvalue weighted by molar-refractivity contribution is 8.01. The fourth-order valence-corrected chi connectivity index (χ4v) is 3.91. The maximum Gasteiger partial charge on any atom is 0.238 e. The van der Waals surface area contributed by atoms with Gasteiger partial charge in [-0.3, -0.25) is 4.79 Å². The van der Waals surface area contributed by atoms with Gasteiger partial charge < -0.3 is 10.6 Å². The molecule has 1 aliphatic heterocycles. The molecule has 1 heterocycles. The highest BCUT2D eigenvalue weighted by Crippen LogP contribution is 2.39. The van der Waals surface area contributed by atoms with Crippen LogP contribution in [0.4, 0.5) is 0 Å². The van der Waals surface area contributed by atoms with Gasteiger partial charge in [-0.2, -0.15) is 0 Å². The Hall–Kier alpha value is -1.44. The van der Waals surface area contributed by atoms with Crippen LogP contribution in [0.25, 0.3) is 0 Å². The van der Waals surface area contributed by atoms with Gasteiger partial charge in [0, 0.05) is 19.2 Å². The predicted octanol–water partition coefficient (Wildman–Crippen LogP) is 2.24. The first-order valence-electron chi connectivity index (χ1n) is 7.23. The van der Waals surface area contributed by atoms with E-state index < -0.39 is 0 Å². The zero-order valence-electron chi connectivity index (χ0n) is 12.7. The molecule has 0 saturated carbocycles. The second kappa shape index (κ2) is 7.02. The summed E-state index contributed by atoms with van der Waals surface area (Å²) in [6.45, 7) is 2.99. The third kappa shape index (κ3) is 3.81. The minimum atomic E-state index is -0.257. The van der Waals surface area contributed by atoms with Crippen molar-refractivity contribution in [2.45, 2.75) is 31.1 Å². The van der Waals surface area contributed by atoms with Crippen molar-refractivity contribution < 1.29 is 4.79 Å². The van der Waals surface area contributed by atoms with Gasteiger partial charge in [-0.1, -0.05) is 30.0 Å². The lowest BCUT2D eigenvalue weighted by atomic mass is 10.0. The molecule has 2 rings (SSSR count). The summed E-state index contributed by atoms with van der Waals surface area (Å²) in [6, 6.07) is 7.93. The summed E-state index contributed by atoms with van der Waals surface area (Å²) in [5.41, 5.74) is 7.46. The number of carbonyl (C=O) groups excluding carboxylic acids is 1. The van der Waals surface area contributed by atoms with Gasteiger partial charge in [0.25, 0.3) is 0 Å². The monoisotopic (exact) mass is 302 g/mol. The molecular weight excluding hydrogens is 280 g/mol. The average Bonchev–Trinajstić information content (AvgIpc) is 2.93. The zero-order valence-corrected chi connectivity index (χ0v) is 13.5. The van der Waals surface area contributed by atoms with E-state index in [9.17, 15) is 4.79 Å².